The molecule has 3 aromatic rings. The van der Waals surface area contributed by atoms with Crippen LogP contribution in [0.5, 0.6) is 5.88 Å². The van der Waals surface area contributed by atoms with Gasteiger partial charge in [-0.3, -0.25) is 9.78 Å². The summed E-state index contributed by atoms with van der Waals surface area (Å²) in [6.45, 7) is 2.14. The van der Waals surface area contributed by atoms with Crippen molar-refractivity contribution in [3.05, 3.63) is 58.1 Å². The molecule has 1 spiro atoms. The Labute approximate surface area is 169 Å². The number of halogens is 2. The van der Waals surface area contributed by atoms with Crippen molar-refractivity contribution in [2.24, 2.45) is 0 Å². The van der Waals surface area contributed by atoms with E-state index < -0.39 is 5.41 Å². The Morgan fingerprint density at radius 1 is 1.21 bits per heavy atom. The molecule has 1 amide bonds. The van der Waals surface area contributed by atoms with Gasteiger partial charge >= 0.3 is 0 Å². The molecule has 7 heteroatoms. The molecule has 0 atom stereocenters. The van der Waals surface area contributed by atoms with Gasteiger partial charge in [-0.2, -0.15) is 0 Å². The van der Waals surface area contributed by atoms with E-state index in [9.17, 15) is 9.18 Å². The van der Waals surface area contributed by atoms with Crippen LogP contribution in [0.4, 0.5) is 10.1 Å². The van der Waals surface area contributed by atoms with E-state index in [0.29, 0.717) is 34.4 Å². The topological polar surface area (TPSA) is 64.1 Å². The average molecular weight is 442 g/mol. The molecule has 2 aromatic heterocycles. The molecule has 5 nitrogen and oxygen atoms in total. The van der Waals surface area contributed by atoms with Crippen molar-refractivity contribution in [1.29, 1.82) is 0 Å². The number of aromatic nitrogens is 2. The fourth-order valence-corrected chi connectivity index (χ4v) is 5.18. The molecule has 1 aliphatic carbocycles. The SMILES string of the molecule is COc1ccc(C2(C)CC3(C2)C(=O)Nc2cnc4cc(F)c(Br)cc4c23)cn1. The largest absolute Gasteiger partial charge is 0.481 e. The summed E-state index contributed by atoms with van der Waals surface area (Å²) >= 11 is 3.26. The zero-order chi connectivity index (χ0) is 19.7. The van der Waals surface area contributed by atoms with Gasteiger partial charge < -0.3 is 10.1 Å². The molecule has 0 radical (unpaired) electrons. The Bertz CT molecular complexity index is 1140. The predicted octanol–water partition coefficient (Wildman–Crippen LogP) is 4.48. The van der Waals surface area contributed by atoms with Crippen LogP contribution in [0.25, 0.3) is 10.9 Å². The zero-order valence-corrected chi connectivity index (χ0v) is 16.9. The first-order valence-corrected chi connectivity index (χ1v) is 9.76. The van der Waals surface area contributed by atoms with E-state index >= 15 is 0 Å². The van der Waals surface area contributed by atoms with Crippen molar-refractivity contribution in [3.8, 4) is 5.88 Å². The summed E-state index contributed by atoms with van der Waals surface area (Å²) in [4.78, 5) is 21.6. The first-order chi connectivity index (χ1) is 13.4. The van der Waals surface area contributed by atoms with Gasteiger partial charge in [0.25, 0.3) is 0 Å². The number of nitrogens with one attached hydrogen (secondary N) is 1. The minimum atomic E-state index is -0.636. The summed E-state index contributed by atoms with van der Waals surface area (Å²) in [5.41, 5.74) is 2.45. The molecule has 3 heterocycles. The molecule has 1 N–H and O–H groups in total. The second kappa shape index (κ2) is 5.73. The second-order valence-corrected chi connectivity index (χ2v) is 8.72. The summed E-state index contributed by atoms with van der Waals surface area (Å²) in [5.74, 6) is 0.180. The first-order valence-electron chi connectivity index (χ1n) is 8.97. The van der Waals surface area contributed by atoms with E-state index in [1.54, 1.807) is 19.4 Å². The van der Waals surface area contributed by atoms with Crippen LogP contribution >= 0.6 is 15.9 Å². The number of pyridine rings is 2. The normalized spacial score (nSPS) is 25.5. The number of rotatable bonds is 2. The zero-order valence-electron chi connectivity index (χ0n) is 15.3. The number of hydrogen-bond acceptors (Lipinski definition) is 4. The molecule has 0 bridgehead atoms. The molecule has 28 heavy (non-hydrogen) atoms. The van der Waals surface area contributed by atoms with Gasteiger partial charge in [-0.15, -0.1) is 0 Å². The van der Waals surface area contributed by atoms with Crippen molar-refractivity contribution in [2.75, 3.05) is 12.4 Å². The first kappa shape index (κ1) is 17.6. The second-order valence-electron chi connectivity index (χ2n) is 7.87. The van der Waals surface area contributed by atoms with Crippen molar-refractivity contribution >= 4 is 38.4 Å². The Hall–Kier alpha value is -2.54. The van der Waals surface area contributed by atoms with Crippen LogP contribution < -0.4 is 10.1 Å². The van der Waals surface area contributed by atoms with Crippen LogP contribution in [-0.4, -0.2) is 23.0 Å². The highest BCUT2D eigenvalue weighted by atomic mass is 79.9. The third kappa shape index (κ3) is 2.25. The van der Waals surface area contributed by atoms with Gasteiger partial charge in [0.1, 0.15) is 5.82 Å². The Kier molecular flexibility index (Phi) is 3.59. The Balaban J connectivity index is 1.60. The van der Waals surface area contributed by atoms with Crippen LogP contribution in [0.1, 0.15) is 30.9 Å². The fraction of sp³-hybridized carbons (Fsp3) is 0.286. The summed E-state index contributed by atoms with van der Waals surface area (Å²) in [7, 11) is 1.59. The minimum absolute atomic E-state index is 0.0174. The smallest absolute Gasteiger partial charge is 0.235 e. The number of amides is 1. The minimum Gasteiger partial charge on any atom is -0.481 e. The molecule has 142 valence electrons. The maximum atomic E-state index is 14.0. The lowest BCUT2D eigenvalue weighted by atomic mass is 9.49. The summed E-state index contributed by atoms with van der Waals surface area (Å²) in [5, 5.41) is 3.78. The van der Waals surface area contributed by atoms with Gasteiger partial charge in [0.05, 0.1) is 34.4 Å². The van der Waals surface area contributed by atoms with E-state index in [2.05, 4.69) is 38.1 Å². The lowest BCUT2D eigenvalue weighted by Crippen LogP contribution is -2.54. The molecule has 1 saturated carbocycles. The molecular formula is C21H17BrFN3O2. The highest BCUT2D eigenvalue weighted by Crippen LogP contribution is 2.61. The number of methoxy groups -OCH3 is 1. The van der Waals surface area contributed by atoms with Crippen molar-refractivity contribution in [2.45, 2.75) is 30.6 Å². The standard InChI is InChI=1S/C21H17BrFN3O2/c1-20(11-3-4-17(28-2)25-7-11)9-21(10-20)18-12-5-13(22)14(23)6-15(12)24-8-16(18)26-19(21)27/h3-8H,9-10H2,1-2H3,(H,26,27). The number of hydrogen-bond donors (Lipinski definition) is 1. The highest BCUT2D eigenvalue weighted by molar-refractivity contribution is 9.10. The molecule has 1 aromatic carbocycles. The molecule has 5 rings (SSSR count). The fourth-order valence-electron chi connectivity index (χ4n) is 4.83. The number of fused-ring (bicyclic) bond motifs is 4. The molecule has 1 aliphatic heterocycles. The quantitative estimate of drug-likeness (QED) is 0.636. The number of anilines is 1. The van der Waals surface area contributed by atoms with Gasteiger partial charge in [-0.1, -0.05) is 13.0 Å². The predicted molar refractivity (Wildman–Crippen MR) is 107 cm³/mol. The monoisotopic (exact) mass is 441 g/mol. The Morgan fingerprint density at radius 2 is 2.00 bits per heavy atom. The van der Waals surface area contributed by atoms with E-state index in [1.807, 2.05) is 18.3 Å². The van der Waals surface area contributed by atoms with Gasteiger partial charge in [0.2, 0.25) is 11.8 Å². The summed E-state index contributed by atoms with van der Waals surface area (Å²) in [6.07, 6.45) is 4.75. The van der Waals surface area contributed by atoms with Crippen LogP contribution in [0.2, 0.25) is 0 Å². The van der Waals surface area contributed by atoms with Gasteiger partial charge in [-0.05, 0) is 45.8 Å². The van der Waals surface area contributed by atoms with Gasteiger partial charge in [-0.25, -0.2) is 9.37 Å². The van der Waals surface area contributed by atoms with Gasteiger partial charge in [0, 0.05) is 29.3 Å². The van der Waals surface area contributed by atoms with Crippen LogP contribution in [0.15, 0.2) is 41.1 Å². The van der Waals surface area contributed by atoms with Gasteiger partial charge in [0.15, 0.2) is 0 Å². The van der Waals surface area contributed by atoms with Crippen molar-refractivity contribution in [3.63, 3.8) is 0 Å². The molecule has 0 saturated heterocycles. The van der Waals surface area contributed by atoms with E-state index in [0.717, 1.165) is 16.5 Å². The molecule has 2 aliphatic rings. The molecule has 1 fully saturated rings. The van der Waals surface area contributed by atoms with E-state index in [1.165, 1.54) is 6.07 Å². The van der Waals surface area contributed by atoms with Crippen molar-refractivity contribution < 1.29 is 13.9 Å². The number of nitrogens with zero attached hydrogens (tertiary/aromatic N) is 2. The summed E-state index contributed by atoms with van der Waals surface area (Å²) in [6, 6.07) is 6.97. The molecule has 0 unspecified atom stereocenters. The van der Waals surface area contributed by atoms with Crippen LogP contribution in [0.3, 0.4) is 0 Å². The lowest BCUT2D eigenvalue weighted by Gasteiger charge is -2.52. The Morgan fingerprint density at radius 3 is 2.68 bits per heavy atom. The lowest BCUT2D eigenvalue weighted by molar-refractivity contribution is -0.126. The molecular weight excluding hydrogens is 425 g/mol. The van der Waals surface area contributed by atoms with E-state index in [-0.39, 0.29) is 17.1 Å². The third-order valence-electron chi connectivity index (χ3n) is 6.10. The highest BCUT2D eigenvalue weighted by Gasteiger charge is 2.62. The number of ether oxygens (including phenoxy) is 1. The maximum Gasteiger partial charge on any atom is 0.235 e. The van der Waals surface area contributed by atoms with E-state index in [4.69, 9.17) is 4.74 Å². The maximum absolute atomic E-state index is 14.0. The number of carbonyl (C=O) groups excluding carboxylic acids is 1. The number of carbonyl (C=O) groups is 1. The average Bonchev–Trinajstić information content (AvgIpc) is 2.95. The third-order valence-corrected chi connectivity index (χ3v) is 6.71. The van der Waals surface area contributed by atoms with Crippen LogP contribution in [0, 0.1) is 5.82 Å². The van der Waals surface area contributed by atoms with Crippen molar-refractivity contribution in [1.82, 2.24) is 9.97 Å². The summed E-state index contributed by atoms with van der Waals surface area (Å²) < 4.78 is 19.5. The van der Waals surface area contributed by atoms with Crippen LogP contribution in [-0.2, 0) is 15.6 Å². The number of benzene rings is 1.